The van der Waals surface area contributed by atoms with Gasteiger partial charge in [0.25, 0.3) is 16.7 Å². The second kappa shape index (κ2) is 36.2. The summed E-state index contributed by atoms with van der Waals surface area (Å²) in [5, 5.41) is 19.9. The number of pyridine rings is 2. The first-order chi connectivity index (χ1) is 63.1. The van der Waals surface area contributed by atoms with Gasteiger partial charge in [0.2, 0.25) is 17.8 Å². The Labute approximate surface area is 766 Å². The number of halogens is 4. The molecule has 0 spiro atoms. The van der Waals surface area contributed by atoms with Crippen LogP contribution >= 0.6 is 52.6 Å². The molecule has 714 valence electrons. The number of nitrogens with two attached hydrogens (primary N) is 6. The highest BCUT2D eigenvalue weighted by atomic mass is 32.7. The molecule has 9 aliphatic heterocycles. The molecule has 133 heavy (non-hydrogen) atoms. The van der Waals surface area contributed by atoms with Crippen LogP contribution in [-0.4, -0.2) is 275 Å². The maximum Gasteiger partial charge on any atom is 0.386 e. The predicted molar refractivity (Wildman–Crippen MR) is 465 cm³/mol. The van der Waals surface area contributed by atoms with E-state index in [1.54, 1.807) is 16.8 Å². The minimum Gasteiger partial charge on any atom is -0.397 e. The highest BCUT2D eigenvalue weighted by Crippen LogP contribution is 2.61. The van der Waals surface area contributed by atoms with Gasteiger partial charge in [-0.05, 0) is 77.2 Å². The fraction of sp³-hybridized carbons (Fsp3) is 0.492. The van der Waals surface area contributed by atoms with E-state index in [2.05, 4.69) is 97.8 Å². The third-order valence-electron chi connectivity index (χ3n) is 21.6. The molecular formula is C61H69F4N29O27P6S6. The average Bonchev–Trinajstić information content (AvgIpc) is 1.57. The monoisotopic (exact) mass is 2090 g/mol. The summed E-state index contributed by atoms with van der Waals surface area (Å²) in [5.74, 6) is -0.648. The largest absolute Gasteiger partial charge is 0.397 e. The first kappa shape index (κ1) is 94.2. The fourth-order valence-corrected chi connectivity index (χ4v) is 24.4. The number of aromatic amines is 3. The first-order valence-corrected chi connectivity index (χ1v) is 54.3. The van der Waals surface area contributed by atoms with E-state index >= 15 is 17.6 Å². The number of ether oxygens (including phenoxy) is 6. The van der Waals surface area contributed by atoms with Gasteiger partial charge in [0.1, 0.15) is 67.1 Å². The van der Waals surface area contributed by atoms with Crippen LogP contribution in [0, 0.1) is 0 Å². The van der Waals surface area contributed by atoms with E-state index in [4.69, 9.17) is 176 Å². The number of anilines is 6. The van der Waals surface area contributed by atoms with Gasteiger partial charge >= 0.3 is 40.4 Å². The van der Waals surface area contributed by atoms with Crippen LogP contribution in [0.1, 0.15) is 55.8 Å². The molecule has 20 N–H and O–H groups in total. The molecule has 0 amide bonds. The molecule has 12 aromatic heterocycles. The lowest BCUT2D eigenvalue weighted by Gasteiger charge is -2.27. The molecule has 12 aromatic rings. The molecule has 6 bridgehead atoms. The zero-order chi connectivity index (χ0) is 93.8. The molecule has 6 unspecified atom stereocenters. The lowest BCUT2D eigenvalue weighted by atomic mass is 10.1. The van der Waals surface area contributed by atoms with Crippen LogP contribution in [0.4, 0.5) is 52.5 Å². The molecule has 9 fully saturated rings. The molecule has 9 saturated heterocycles. The van der Waals surface area contributed by atoms with Crippen molar-refractivity contribution in [1.29, 1.82) is 0 Å². The van der Waals surface area contributed by atoms with Gasteiger partial charge in [0.15, 0.2) is 117 Å². The van der Waals surface area contributed by atoms with Crippen molar-refractivity contribution >= 4 is 208 Å². The lowest BCUT2D eigenvalue weighted by molar-refractivity contribution is -0.0617. The maximum absolute atomic E-state index is 16.0. The van der Waals surface area contributed by atoms with Gasteiger partial charge in [0, 0.05) is 25.2 Å². The van der Waals surface area contributed by atoms with Crippen molar-refractivity contribution in [2.75, 3.05) is 74.0 Å². The molecule has 0 aliphatic carbocycles. The molecule has 21 heterocycles. The van der Waals surface area contributed by atoms with E-state index < -0.39 is 219 Å². The third kappa shape index (κ3) is 18.8. The molecule has 0 saturated carbocycles. The van der Waals surface area contributed by atoms with E-state index in [1.165, 1.54) is 41.6 Å². The molecule has 0 radical (unpaired) electrons. The van der Waals surface area contributed by atoms with Gasteiger partial charge < -0.3 is 119 Å². The number of nitrogen functional groups attached to an aromatic ring is 6. The summed E-state index contributed by atoms with van der Waals surface area (Å²) in [6, 6.07) is 4.58. The van der Waals surface area contributed by atoms with Crippen molar-refractivity contribution < 1.29 is 129 Å². The van der Waals surface area contributed by atoms with E-state index in [0.29, 0.717) is 17.0 Å². The van der Waals surface area contributed by atoms with Crippen LogP contribution in [0.3, 0.4) is 0 Å². The summed E-state index contributed by atoms with van der Waals surface area (Å²) in [6.07, 6.45) is -21.9. The van der Waals surface area contributed by atoms with Gasteiger partial charge in [-0.1, -0.05) is 22.7 Å². The minimum absolute atomic E-state index is 0.0208. The number of hydrogen-bond donors (Lipinski definition) is 15. The Morgan fingerprint density at radius 3 is 1.30 bits per heavy atom. The van der Waals surface area contributed by atoms with Crippen LogP contribution in [0.2, 0.25) is 0 Å². The Morgan fingerprint density at radius 2 is 0.812 bits per heavy atom. The van der Waals surface area contributed by atoms with Crippen LogP contribution in [0.25, 0.3) is 61.5 Å². The number of nitrogens with one attached hydrogen (secondary N) is 3. The topological polar surface area (TPSA) is 749 Å². The second-order valence-electron chi connectivity index (χ2n) is 30.2. The van der Waals surface area contributed by atoms with Crippen molar-refractivity contribution in [2.45, 2.75) is 148 Å². The first-order valence-electron chi connectivity index (χ1n) is 38.7. The molecule has 28 atom stereocenters. The van der Waals surface area contributed by atoms with Gasteiger partial charge in [0.05, 0.1) is 106 Å². The SMILES string of the molecule is Nc1nc2c(ncn2[C@@H]2O[C@@H]3COP(=O)(S)O[C@H]4[C@H](F)[C@H](n5nnc6c(N)ccnc65)O[C@@H]4COP(O)(=S)O[C@@H]2[C@H]3F)c(=O)[nH]1.Nc1nc2c(ncn2[C@@H]2O[C@@H]3COP(O)(=S)O[C@H]4C[C@H](c5cnc6c(N)ccnn56)O[C@@H]4COP(O)(=S)O[C@@H]2C3)c(=O)[nH]1.Nc1nc2c(ncn2[C@@H]2O[C@@H]3COP(O)(=S)O[C@H]4[C@H](F)[C@H](n5nnc6c(N)ccnc65)O[C@@H]4COP(O)(=S)O[C@@H]2[C@H]3F)c(=O)[nH]1. The van der Waals surface area contributed by atoms with Gasteiger partial charge in [-0.15, -0.1) is 10.2 Å². The summed E-state index contributed by atoms with van der Waals surface area (Å²) in [7, 11) is 0. The third-order valence-corrected chi connectivity index (χ3v) is 31.1. The number of hydrogen-bond acceptors (Lipinski definition) is 47. The van der Waals surface area contributed by atoms with Crippen molar-refractivity contribution in [3.8, 4) is 0 Å². The molecule has 72 heteroatoms. The van der Waals surface area contributed by atoms with E-state index in [1.807, 2.05) is 0 Å². The molecule has 0 aromatic carbocycles. The number of thiol groups is 1. The predicted octanol–water partition coefficient (Wildman–Crippen LogP) is 0.908. The normalized spacial score (nSPS) is 36.9. The fourth-order valence-electron chi connectivity index (χ4n) is 15.7. The standard InChI is InChI=1S/C21H25N9O9P2S2.2C20H22F2N10O9P2S2/c22-10-1-2-26-30-11(5-24-17(10)30)12-4-13-15(37-12)7-35-41(33,43)39-14-3-9(6-34-40(32,42)38-13)36-20(14)29-8-25-16-18(29)27-21(23)28-19(16)31;2*21-9-7-3-36-42(34,44)40-13-8(39-18(10(13)22)32-15-11(29-30-32)6(23)1-2-25-15)4-37-43(35,45)41-14(9)19(38-7)31-5-26-12-16(31)27-20(24)28-17(12)33/h1-2,5,8-9,12-15,20H,3-4,6-7,22H2,(H,32,42)(H,33,43)(H3,23,27,28,31);2*1-2,5,7-10,13-14,18-19H,3-4H2,(H2,23,25)(H,34,44)(H,35,45)(H3,24,27,28,33)/t9-,12+,13-,14+,15+,20+,40?,41?;2*7-,8-,9+,10+,13-,14-,18-,19-,42?,43?/m011/s1. The van der Waals surface area contributed by atoms with Crippen molar-refractivity contribution in [3.63, 3.8) is 0 Å². The minimum atomic E-state index is -4.46. The summed E-state index contributed by atoms with van der Waals surface area (Å²) >= 11 is 30.1. The number of rotatable bonds is 6. The number of imidazole rings is 4. The number of alkyl halides is 4. The van der Waals surface area contributed by atoms with E-state index in [0.717, 1.165) is 31.2 Å². The van der Waals surface area contributed by atoms with E-state index in [9.17, 15) is 43.4 Å². The summed E-state index contributed by atoms with van der Waals surface area (Å²) in [4.78, 5) is 136. The molecular weight excluding hydrogens is 2030 g/mol. The number of nitrogens with zero attached hydrogens (tertiary/aromatic N) is 20. The second-order valence-corrected chi connectivity index (χ2v) is 47.0. The summed E-state index contributed by atoms with van der Waals surface area (Å²) < 4.78 is 187. The van der Waals surface area contributed by atoms with Crippen LogP contribution in [0.15, 0.2) is 76.4 Å². The lowest BCUT2D eigenvalue weighted by Crippen LogP contribution is -2.34. The van der Waals surface area contributed by atoms with Crippen molar-refractivity contribution in [1.82, 2.24) is 113 Å². The Balaban J connectivity index is 0.000000129. The molecule has 21 rings (SSSR count). The average molecular weight is 2090 g/mol. The highest BCUT2D eigenvalue weighted by Gasteiger charge is 2.58. The quantitative estimate of drug-likeness (QED) is 0.0625. The van der Waals surface area contributed by atoms with Gasteiger partial charge in [-0.3, -0.25) is 65.7 Å². The number of H-pyrrole nitrogens is 3. The Kier molecular flexibility index (Phi) is 25.6. The number of aromatic nitrogens is 23. The van der Waals surface area contributed by atoms with Crippen LogP contribution < -0.4 is 51.1 Å². The van der Waals surface area contributed by atoms with E-state index in [-0.39, 0.29) is 111 Å². The summed E-state index contributed by atoms with van der Waals surface area (Å²) in [5.41, 5.74) is 35.2. The Morgan fingerprint density at radius 1 is 0.406 bits per heavy atom. The zero-order valence-electron chi connectivity index (χ0n) is 66.4. The smallest absolute Gasteiger partial charge is 0.386 e. The van der Waals surface area contributed by atoms with Gasteiger partial charge in [-0.2, -0.15) is 29.4 Å². The number of fused-ring (bicyclic) bond motifs is 15. The highest BCUT2D eigenvalue weighted by molar-refractivity contribution is 8.44. The van der Waals surface area contributed by atoms with Crippen LogP contribution in [-0.2, 0) is 146 Å². The van der Waals surface area contributed by atoms with Crippen molar-refractivity contribution in [3.05, 3.63) is 98.7 Å². The summed E-state index contributed by atoms with van der Waals surface area (Å²) in [6.45, 7) is -28.5. The Hall–Kier alpha value is -7.80. The van der Waals surface area contributed by atoms with Gasteiger partial charge in [-0.25, -0.2) is 56.5 Å². The zero-order valence-corrected chi connectivity index (χ0v) is 76.8. The van der Waals surface area contributed by atoms with Crippen LogP contribution in [0.5, 0.6) is 0 Å². The molecule has 9 aliphatic rings. The Bertz CT molecular complexity index is 6790. The molecule has 56 nitrogen and oxygen atoms in total. The maximum atomic E-state index is 16.0. The van der Waals surface area contributed by atoms with Crippen molar-refractivity contribution in [2.24, 2.45) is 0 Å².